The van der Waals surface area contributed by atoms with E-state index in [9.17, 15) is 4.79 Å². The number of carbonyl (C=O) groups excluding carboxylic acids is 1. The minimum atomic E-state index is -0.0522. The maximum absolute atomic E-state index is 12.3. The number of amides is 1. The zero-order valence-corrected chi connectivity index (χ0v) is 11.9. The molecule has 21 heavy (non-hydrogen) atoms. The smallest absolute Gasteiger partial charge is 0.256 e. The van der Waals surface area contributed by atoms with Gasteiger partial charge in [0, 0.05) is 33.6 Å². The number of benzene rings is 1. The van der Waals surface area contributed by atoms with Crippen LogP contribution in [0.3, 0.4) is 0 Å². The number of carbonyl (C=O) groups is 1. The molecule has 0 saturated heterocycles. The van der Waals surface area contributed by atoms with Crippen molar-refractivity contribution in [3.63, 3.8) is 0 Å². The van der Waals surface area contributed by atoms with Crippen molar-refractivity contribution in [2.75, 3.05) is 5.32 Å². The molecule has 0 aliphatic carbocycles. The fourth-order valence-electron chi connectivity index (χ4n) is 2.61. The third kappa shape index (κ3) is 2.00. The Morgan fingerprint density at radius 1 is 1.05 bits per heavy atom. The van der Waals surface area contributed by atoms with Crippen LogP contribution in [0.1, 0.15) is 11.3 Å². The second kappa shape index (κ2) is 4.75. The van der Waals surface area contributed by atoms with Gasteiger partial charge in [-0.25, -0.2) is 0 Å². The number of thiophene rings is 1. The first kappa shape index (κ1) is 12.2. The molecule has 4 heteroatoms. The molecule has 3 nitrogen and oxygen atoms in total. The van der Waals surface area contributed by atoms with E-state index in [-0.39, 0.29) is 5.91 Å². The number of aromatic nitrogens is 1. The summed E-state index contributed by atoms with van der Waals surface area (Å²) in [4.78, 5) is 16.6. The Balaban J connectivity index is 1.93. The van der Waals surface area contributed by atoms with Crippen molar-refractivity contribution in [3.8, 4) is 10.4 Å². The largest absolute Gasteiger partial charge is 0.362 e. The molecule has 1 aliphatic heterocycles. The van der Waals surface area contributed by atoms with Crippen LogP contribution in [0.25, 0.3) is 22.1 Å². The lowest BCUT2D eigenvalue weighted by Crippen LogP contribution is -2.03. The standard InChI is InChI=1S/C17H12N2OS/c20-17-13(10-11-4-2-8-18-11)16-12(15-7-3-9-21-15)5-1-6-14(16)19-17/h1-10,18H,(H,19,20). The minimum Gasteiger partial charge on any atom is -0.362 e. The Labute approximate surface area is 126 Å². The Kier molecular flexibility index (Phi) is 2.75. The fraction of sp³-hybridized carbons (Fsp3) is 0. The Bertz CT molecular complexity index is 830. The number of hydrogen-bond donors (Lipinski definition) is 2. The fourth-order valence-corrected chi connectivity index (χ4v) is 3.37. The molecule has 1 aromatic carbocycles. The predicted octanol–water partition coefficient (Wildman–Crippen LogP) is 4.24. The van der Waals surface area contributed by atoms with Crippen molar-refractivity contribution in [2.24, 2.45) is 0 Å². The van der Waals surface area contributed by atoms with Gasteiger partial charge >= 0.3 is 0 Å². The Morgan fingerprint density at radius 2 is 2.00 bits per heavy atom. The zero-order chi connectivity index (χ0) is 14.2. The van der Waals surface area contributed by atoms with Crippen LogP contribution in [0.5, 0.6) is 0 Å². The molecule has 2 aromatic heterocycles. The first-order chi connectivity index (χ1) is 10.3. The summed E-state index contributed by atoms with van der Waals surface area (Å²) < 4.78 is 0. The van der Waals surface area contributed by atoms with Gasteiger partial charge in [0.05, 0.1) is 5.57 Å². The van der Waals surface area contributed by atoms with E-state index in [1.807, 2.05) is 48.0 Å². The van der Waals surface area contributed by atoms with E-state index < -0.39 is 0 Å². The highest BCUT2D eigenvalue weighted by Gasteiger charge is 2.27. The van der Waals surface area contributed by atoms with Gasteiger partial charge in [0.2, 0.25) is 0 Å². The molecule has 1 aliphatic rings. The number of fused-ring (bicyclic) bond motifs is 1. The van der Waals surface area contributed by atoms with Crippen LogP contribution in [-0.4, -0.2) is 10.9 Å². The molecule has 0 bridgehead atoms. The highest BCUT2D eigenvalue weighted by Crippen LogP contribution is 2.41. The van der Waals surface area contributed by atoms with Gasteiger partial charge < -0.3 is 10.3 Å². The average molecular weight is 292 g/mol. The summed E-state index contributed by atoms with van der Waals surface area (Å²) in [6.45, 7) is 0. The lowest BCUT2D eigenvalue weighted by atomic mass is 9.98. The lowest BCUT2D eigenvalue weighted by molar-refractivity contribution is -0.110. The van der Waals surface area contributed by atoms with Crippen molar-refractivity contribution < 1.29 is 4.79 Å². The van der Waals surface area contributed by atoms with Crippen LogP contribution >= 0.6 is 11.3 Å². The van der Waals surface area contributed by atoms with E-state index in [1.54, 1.807) is 11.3 Å². The van der Waals surface area contributed by atoms with E-state index in [0.717, 1.165) is 22.5 Å². The molecular formula is C17H12N2OS. The molecule has 1 amide bonds. The topological polar surface area (TPSA) is 44.9 Å². The van der Waals surface area contributed by atoms with Crippen LogP contribution in [-0.2, 0) is 4.79 Å². The van der Waals surface area contributed by atoms with E-state index in [0.29, 0.717) is 5.57 Å². The maximum atomic E-state index is 12.3. The SMILES string of the molecule is O=C1Nc2cccc(-c3cccs3)c2C1=Cc1ccc[nH]1. The molecular weight excluding hydrogens is 280 g/mol. The number of nitrogens with one attached hydrogen (secondary N) is 2. The summed E-state index contributed by atoms with van der Waals surface area (Å²) >= 11 is 1.68. The van der Waals surface area contributed by atoms with E-state index >= 15 is 0 Å². The molecule has 0 radical (unpaired) electrons. The lowest BCUT2D eigenvalue weighted by Gasteiger charge is -2.06. The highest BCUT2D eigenvalue weighted by molar-refractivity contribution is 7.13. The molecule has 4 rings (SSSR count). The van der Waals surface area contributed by atoms with Gasteiger partial charge in [-0.2, -0.15) is 0 Å². The van der Waals surface area contributed by atoms with Crippen LogP contribution < -0.4 is 5.32 Å². The molecule has 0 atom stereocenters. The van der Waals surface area contributed by atoms with Crippen molar-refractivity contribution in [2.45, 2.75) is 0 Å². The summed E-state index contributed by atoms with van der Waals surface area (Å²) in [5.41, 5.74) is 4.59. The van der Waals surface area contributed by atoms with Gasteiger partial charge in [-0.3, -0.25) is 4.79 Å². The molecule has 102 valence electrons. The second-order valence-corrected chi connectivity index (χ2v) is 5.79. The van der Waals surface area contributed by atoms with E-state index in [1.165, 1.54) is 4.88 Å². The van der Waals surface area contributed by atoms with E-state index in [2.05, 4.69) is 22.4 Å². The summed E-state index contributed by atoms with van der Waals surface area (Å²) in [5, 5.41) is 4.99. The molecule has 0 fully saturated rings. The minimum absolute atomic E-state index is 0.0522. The molecule has 0 unspecified atom stereocenters. The summed E-state index contributed by atoms with van der Waals surface area (Å²) in [5.74, 6) is -0.0522. The summed E-state index contributed by atoms with van der Waals surface area (Å²) in [7, 11) is 0. The maximum Gasteiger partial charge on any atom is 0.256 e. The number of rotatable bonds is 2. The second-order valence-electron chi connectivity index (χ2n) is 4.84. The van der Waals surface area contributed by atoms with Gasteiger partial charge in [0.1, 0.15) is 0 Å². The molecule has 2 N–H and O–H groups in total. The van der Waals surface area contributed by atoms with Crippen molar-refractivity contribution in [1.29, 1.82) is 0 Å². The third-order valence-corrected chi connectivity index (χ3v) is 4.44. The normalized spacial score (nSPS) is 15.2. The zero-order valence-electron chi connectivity index (χ0n) is 11.1. The van der Waals surface area contributed by atoms with Crippen LogP contribution in [0, 0.1) is 0 Å². The monoisotopic (exact) mass is 292 g/mol. The number of hydrogen-bond acceptors (Lipinski definition) is 2. The van der Waals surface area contributed by atoms with Gasteiger partial charge in [0.15, 0.2) is 0 Å². The van der Waals surface area contributed by atoms with Crippen molar-refractivity contribution >= 4 is 34.6 Å². The van der Waals surface area contributed by atoms with Gasteiger partial charge in [-0.1, -0.05) is 18.2 Å². The van der Waals surface area contributed by atoms with Crippen LogP contribution in [0.15, 0.2) is 54.0 Å². The first-order valence-corrected chi connectivity index (χ1v) is 7.54. The number of H-pyrrole nitrogens is 1. The first-order valence-electron chi connectivity index (χ1n) is 6.66. The van der Waals surface area contributed by atoms with Gasteiger partial charge in [0.25, 0.3) is 5.91 Å². The molecule has 3 heterocycles. The van der Waals surface area contributed by atoms with Crippen LogP contribution in [0.2, 0.25) is 0 Å². The Morgan fingerprint density at radius 3 is 2.76 bits per heavy atom. The summed E-state index contributed by atoms with van der Waals surface area (Å²) in [6, 6.07) is 14.0. The Hall–Kier alpha value is -2.59. The van der Waals surface area contributed by atoms with Gasteiger partial charge in [-0.05, 0) is 35.7 Å². The quantitative estimate of drug-likeness (QED) is 0.682. The van der Waals surface area contributed by atoms with Crippen LogP contribution in [0.4, 0.5) is 5.69 Å². The van der Waals surface area contributed by atoms with Crippen molar-refractivity contribution in [3.05, 3.63) is 65.3 Å². The third-order valence-electron chi connectivity index (χ3n) is 3.54. The van der Waals surface area contributed by atoms with Crippen molar-refractivity contribution in [1.82, 2.24) is 4.98 Å². The van der Waals surface area contributed by atoms with Gasteiger partial charge in [-0.15, -0.1) is 11.3 Å². The molecule has 0 spiro atoms. The summed E-state index contributed by atoms with van der Waals surface area (Å²) in [6.07, 6.45) is 3.75. The molecule has 3 aromatic rings. The average Bonchev–Trinajstić information content (AvgIpc) is 3.21. The number of aromatic amines is 1. The number of anilines is 1. The van der Waals surface area contributed by atoms with E-state index in [4.69, 9.17) is 0 Å². The highest BCUT2D eigenvalue weighted by atomic mass is 32.1. The molecule has 0 saturated carbocycles. The predicted molar refractivity (Wildman–Crippen MR) is 87.0 cm³/mol.